The molecule has 0 unspecified atom stereocenters. The van der Waals surface area contributed by atoms with Crippen molar-refractivity contribution in [2.24, 2.45) is 5.41 Å². The van der Waals surface area contributed by atoms with Gasteiger partial charge in [0.25, 0.3) is 5.92 Å². The maximum Gasteiger partial charge on any atom is 0.356 e. The molecule has 1 heterocycles. The highest BCUT2D eigenvalue weighted by Gasteiger charge is 2.54. The van der Waals surface area contributed by atoms with Crippen LogP contribution in [0.15, 0.2) is 11.6 Å². The predicted octanol–water partition coefficient (Wildman–Crippen LogP) is 4.31. The van der Waals surface area contributed by atoms with Crippen LogP contribution < -0.4 is 0 Å². The van der Waals surface area contributed by atoms with E-state index in [-0.39, 0.29) is 49.4 Å². The molecule has 0 spiro atoms. The lowest BCUT2D eigenvalue weighted by molar-refractivity contribution is -0.160. The first-order chi connectivity index (χ1) is 11.5. The summed E-state index contributed by atoms with van der Waals surface area (Å²) in [5, 5.41) is 4.13. The largest absolute Gasteiger partial charge is 0.461 e. The summed E-state index contributed by atoms with van der Waals surface area (Å²) >= 11 is 0. The Hall–Kier alpha value is -1.86. The summed E-state index contributed by atoms with van der Waals surface area (Å²) in [6.45, 7) is 5.05. The standard InChI is InChI=1S/C17H20F4N2O2/c1-4-25-14(24)12-5-11(13-10(2)6-17(13,20)21)22-23(12)9-15(3)7-16(18,19)8-15/h5H,4,6-9H2,1-3H3. The van der Waals surface area contributed by atoms with Crippen LogP contribution in [0, 0.1) is 5.41 Å². The Kier molecular flexibility index (Phi) is 4.00. The lowest BCUT2D eigenvalue weighted by Gasteiger charge is -2.44. The highest BCUT2D eigenvalue weighted by Crippen LogP contribution is 2.53. The van der Waals surface area contributed by atoms with Crippen LogP contribution in [0.25, 0.3) is 5.57 Å². The fourth-order valence-electron chi connectivity index (χ4n) is 3.82. The van der Waals surface area contributed by atoms with Gasteiger partial charge in [-0.25, -0.2) is 22.4 Å². The van der Waals surface area contributed by atoms with Crippen molar-refractivity contribution in [1.29, 1.82) is 0 Å². The van der Waals surface area contributed by atoms with E-state index in [1.807, 2.05) is 0 Å². The number of aromatic nitrogens is 2. The van der Waals surface area contributed by atoms with Gasteiger partial charge >= 0.3 is 5.97 Å². The lowest BCUT2D eigenvalue weighted by Crippen LogP contribution is -2.47. The Morgan fingerprint density at radius 1 is 1.32 bits per heavy atom. The molecule has 2 aliphatic rings. The Labute approximate surface area is 142 Å². The normalized spacial score (nSPS) is 23.0. The molecule has 0 amide bonds. The Bertz CT molecular complexity index is 744. The van der Waals surface area contributed by atoms with Crippen LogP contribution in [0.2, 0.25) is 0 Å². The Balaban J connectivity index is 1.94. The molecule has 0 saturated heterocycles. The van der Waals surface area contributed by atoms with Crippen LogP contribution >= 0.6 is 0 Å². The molecule has 1 aromatic rings. The Morgan fingerprint density at radius 3 is 2.44 bits per heavy atom. The van der Waals surface area contributed by atoms with Crippen molar-refractivity contribution in [2.45, 2.75) is 58.4 Å². The minimum absolute atomic E-state index is 0.00601. The number of ether oxygens (including phenoxy) is 1. The lowest BCUT2D eigenvalue weighted by atomic mass is 9.67. The summed E-state index contributed by atoms with van der Waals surface area (Å²) in [5.41, 5.74) is -0.408. The number of rotatable bonds is 5. The van der Waals surface area contributed by atoms with Crippen LogP contribution in [0.4, 0.5) is 17.6 Å². The van der Waals surface area contributed by atoms with E-state index in [1.165, 1.54) is 10.7 Å². The minimum atomic E-state index is -2.98. The van der Waals surface area contributed by atoms with E-state index < -0.39 is 23.2 Å². The zero-order valence-corrected chi connectivity index (χ0v) is 14.3. The first-order valence-electron chi connectivity index (χ1n) is 8.18. The number of hydrogen-bond acceptors (Lipinski definition) is 3. The third-order valence-electron chi connectivity index (χ3n) is 4.70. The zero-order chi connectivity index (χ0) is 18.6. The molecule has 8 heteroatoms. The minimum Gasteiger partial charge on any atom is -0.461 e. The monoisotopic (exact) mass is 360 g/mol. The van der Waals surface area contributed by atoms with E-state index in [4.69, 9.17) is 4.74 Å². The third-order valence-corrected chi connectivity index (χ3v) is 4.70. The molecule has 1 fully saturated rings. The van der Waals surface area contributed by atoms with Gasteiger partial charge in [0, 0.05) is 31.4 Å². The van der Waals surface area contributed by atoms with Crippen molar-refractivity contribution in [3.8, 4) is 0 Å². The van der Waals surface area contributed by atoms with Gasteiger partial charge in [0.2, 0.25) is 5.92 Å². The van der Waals surface area contributed by atoms with Gasteiger partial charge in [0.1, 0.15) is 5.69 Å². The van der Waals surface area contributed by atoms with Crippen molar-refractivity contribution < 1.29 is 27.1 Å². The highest BCUT2D eigenvalue weighted by molar-refractivity contribution is 5.89. The van der Waals surface area contributed by atoms with Crippen molar-refractivity contribution in [2.75, 3.05) is 6.61 Å². The van der Waals surface area contributed by atoms with Crippen molar-refractivity contribution in [3.63, 3.8) is 0 Å². The maximum absolute atomic E-state index is 13.8. The summed E-state index contributed by atoms with van der Waals surface area (Å²) in [6, 6.07) is 1.27. The molecule has 1 aromatic heterocycles. The summed E-state index contributed by atoms with van der Waals surface area (Å²) in [7, 11) is 0. The van der Waals surface area contributed by atoms with Crippen molar-refractivity contribution in [1.82, 2.24) is 9.78 Å². The van der Waals surface area contributed by atoms with E-state index in [1.54, 1.807) is 20.8 Å². The number of hydrogen-bond donors (Lipinski definition) is 0. The molecule has 0 radical (unpaired) electrons. The molecule has 0 bridgehead atoms. The molecular weight excluding hydrogens is 340 g/mol. The second kappa shape index (κ2) is 5.57. The van der Waals surface area contributed by atoms with Gasteiger partial charge in [-0.2, -0.15) is 5.10 Å². The fourth-order valence-corrected chi connectivity index (χ4v) is 3.82. The quantitative estimate of drug-likeness (QED) is 0.581. The van der Waals surface area contributed by atoms with E-state index in [2.05, 4.69) is 5.10 Å². The predicted molar refractivity (Wildman–Crippen MR) is 82.6 cm³/mol. The number of alkyl halides is 4. The summed E-state index contributed by atoms with van der Waals surface area (Å²) in [5.74, 6) is -6.41. The molecule has 1 saturated carbocycles. The fraction of sp³-hybridized carbons (Fsp3) is 0.647. The Morgan fingerprint density at radius 2 is 1.96 bits per heavy atom. The van der Waals surface area contributed by atoms with Crippen LogP contribution in [0.5, 0.6) is 0 Å². The molecule has 0 atom stereocenters. The van der Waals surface area contributed by atoms with Gasteiger partial charge in [0.05, 0.1) is 12.3 Å². The number of halogens is 4. The zero-order valence-electron chi connectivity index (χ0n) is 14.3. The van der Waals surface area contributed by atoms with Gasteiger partial charge < -0.3 is 4.74 Å². The smallest absolute Gasteiger partial charge is 0.356 e. The maximum atomic E-state index is 13.8. The molecular formula is C17H20F4N2O2. The second-order valence-corrected chi connectivity index (χ2v) is 7.35. The van der Waals surface area contributed by atoms with Gasteiger partial charge in [-0.3, -0.25) is 4.68 Å². The third kappa shape index (κ3) is 3.18. The average Bonchev–Trinajstić information content (AvgIpc) is 2.77. The highest BCUT2D eigenvalue weighted by atomic mass is 19.3. The van der Waals surface area contributed by atoms with E-state index in [0.717, 1.165) is 0 Å². The summed E-state index contributed by atoms with van der Waals surface area (Å²) in [6.07, 6.45) is -0.988. The molecule has 0 N–H and O–H groups in total. The van der Waals surface area contributed by atoms with Gasteiger partial charge in [0.15, 0.2) is 0 Å². The molecule has 0 aromatic carbocycles. The number of esters is 1. The van der Waals surface area contributed by atoms with E-state index in [0.29, 0.717) is 5.57 Å². The summed E-state index contributed by atoms with van der Waals surface area (Å²) in [4.78, 5) is 12.1. The van der Waals surface area contributed by atoms with Crippen LogP contribution in [0.1, 0.15) is 56.2 Å². The molecule has 2 aliphatic carbocycles. The molecule has 3 rings (SSSR count). The number of carbonyl (C=O) groups is 1. The number of allylic oxidation sites excluding steroid dienone is 2. The van der Waals surface area contributed by atoms with E-state index in [9.17, 15) is 22.4 Å². The first-order valence-corrected chi connectivity index (χ1v) is 8.18. The number of carbonyl (C=O) groups excluding carboxylic acids is 1. The first kappa shape index (κ1) is 17.9. The van der Waals surface area contributed by atoms with Crippen LogP contribution in [-0.4, -0.2) is 34.2 Å². The average molecular weight is 360 g/mol. The van der Waals surface area contributed by atoms with Crippen molar-refractivity contribution >= 4 is 11.5 Å². The molecule has 0 aliphatic heterocycles. The molecule has 25 heavy (non-hydrogen) atoms. The van der Waals surface area contributed by atoms with Crippen LogP contribution in [0.3, 0.4) is 0 Å². The summed E-state index contributed by atoms with van der Waals surface area (Å²) < 4.78 is 60.3. The van der Waals surface area contributed by atoms with Crippen molar-refractivity contribution in [3.05, 3.63) is 23.0 Å². The van der Waals surface area contributed by atoms with Gasteiger partial charge in [-0.05, 0) is 25.3 Å². The molecule has 138 valence electrons. The topological polar surface area (TPSA) is 44.1 Å². The second-order valence-electron chi connectivity index (χ2n) is 7.35. The van der Waals surface area contributed by atoms with Crippen LogP contribution in [-0.2, 0) is 11.3 Å². The van der Waals surface area contributed by atoms with Gasteiger partial charge in [-0.15, -0.1) is 0 Å². The van der Waals surface area contributed by atoms with E-state index >= 15 is 0 Å². The molecule has 4 nitrogen and oxygen atoms in total. The SMILES string of the molecule is CCOC(=O)c1cc(C2=C(C)CC2(F)F)nn1CC1(C)CC(F)(F)C1. The number of nitrogens with zero attached hydrogens (tertiary/aromatic N) is 2. The van der Waals surface area contributed by atoms with Gasteiger partial charge in [-0.1, -0.05) is 12.5 Å².